The molecule has 0 fully saturated rings. The Bertz CT molecular complexity index is 3160. The summed E-state index contributed by atoms with van der Waals surface area (Å²) in [5, 5.41) is 10.1. The van der Waals surface area contributed by atoms with Gasteiger partial charge >= 0.3 is 52.5 Å². The van der Waals surface area contributed by atoms with Crippen molar-refractivity contribution in [2.45, 2.75) is 19.6 Å². The van der Waals surface area contributed by atoms with Crippen LogP contribution in [0.25, 0.3) is 0 Å². The van der Waals surface area contributed by atoms with Crippen LogP contribution in [-0.4, -0.2) is 45.7 Å². The first kappa shape index (κ1) is 46.1. The zero-order valence-electron chi connectivity index (χ0n) is 33.7. The molecular formula is C44H34N4O14S4. The molecule has 0 unspecified atom stereocenters. The van der Waals surface area contributed by atoms with Gasteiger partial charge in [0.25, 0.3) is 0 Å². The highest BCUT2D eigenvalue weighted by Gasteiger charge is 2.24. The second-order valence-electron chi connectivity index (χ2n) is 13.5. The fourth-order valence-corrected chi connectivity index (χ4v) is 9.65. The van der Waals surface area contributed by atoms with Gasteiger partial charge in [0, 0.05) is 47.0 Å². The highest BCUT2D eigenvalue weighted by atomic mass is 32.2. The van der Waals surface area contributed by atoms with E-state index in [2.05, 4.69) is 21.3 Å². The number of urea groups is 2. The van der Waals surface area contributed by atoms with Crippen LogP contribution in [0.2, 0.25) is 0 Å². The van der Waals surface area contributed by atoms with Gasteiger partial charge in [-0.05, 0) is 91.0 Å². The largest absolute Gasteiger partial charge is 0.379 e. The van der Waals surface area contributed by atoms with E-state index in [-0.39, 0.29) is 55.5 Å². The molecule has 0 aliphatic rings. The zero-order valence-corrected chi connectivity index (χ0v) is 36.9. The molecule has 18 nitrogen and oxygen atoms in total. The Labute approximate surface area is 379 Å². The minimum atomic E-state index is -4.68. The molecule has 0 saturated heterocycles. The second kappa shape index (κ2) is 19.4. The van der Waals surface area contributed by atoms with Gasteiger partial charge in [0.1, 0.15) is 42.6 Å². The Hall–Kier alpha value is -7.92. The summed E-state index contributed by atoms with van der Waals surface area (Å²) in [5.41, 5.74) is 0.520. The van der Waals surface area contributed by atoms with Crippen molar-refractivity contribution in [1.29, 1.82) is 0 Å². The van der Waals surface area contributed by atoms with Gasteiger partial charge in [0.05, 0.1) is 0 Å². The topological polar surface area (TPSA) is 256 Å². The molecule has 4 N–H and O–H groups in total. The molecule has 66 heavy (non-hydrogen) atoms. The first-order valence-corrected chi connectivity index (χ1v) is 24.6. The number of anilines is 4. The molecule has 0 aromatic heterocycles. The average molecular weight is 971 g/mol. The van der Waals surface area contributed by atoms with Gasteiger partial charge in [-0.3, -0.25) is 0 Å². The smallest absolute Gasteiger partial charge is 0.339 e. The van der Waals surface area contributed by atoms with Crippen molar-refractivity contribution in [1.82, 2.24) is 0 Å². The maximum atomic E-state index is 13.4. The zero-order chi connectivity index (χ0) is 47.0. The third-order valence-electron chi connectivity index (χ3n) is 8.64. The predicted molar refractivity (Wildman–Crippen MR) is 242 cm³/mol. The normalized spacial score (nSPS) is 11.6. The van der Waals surface area contributed by atoms with Crippen LogP contribution in [-0.2, 0) is 40.5 Å². The first-order chi connectivity index (χ1) is 31.4. The molecule has 0 aliphatic carbocycles. The number of hydrogen-bond acceptors (Lipinski definition) is 14. The molecule has 0 bridgehead atoms. The van der Waals surface area contributed by atoms with Gasteiger partial charge in [-0.1, -0.05) is 66.7 Å². The van der Waals surface area contributed by atoms with Crippen molar-refractivity contribution < 1.29 is 60.0 Å². The maximum Gasteiger partial charge on any atom is 0.339 e. The van der Waals surface area contributed by atoms with Gasteiger partial charge in [-0.15, -0.1) is 0 Å². The summed E-state index contributed by atoms with van der Waals surface area (Å²) in [6.07, 6.45) is 0. The molecule has 338 valence electrons. The van der Waals surface area contributed by atoms with Crippen molar-refractivity contribution in [3.8, 4) is 23.0 Å². The maximum absolute atomic E-state index is 13.4. The van der Waals surface area contributed by atoms with Gasteiger partial charge in [0.2, 0.25) is 0 Å². The number of hydrogen-bond donors (Lipinski definition) is 4. The standard InChI is InChI=1S/C44H34N4O14S4/c49-43(45-31-12-7-16-35(26-31)59-63(51,52)39-20-3-1-4-21-39)47-33-14-9-18-37(28-33)61-65(55,56)41-24-11-25-42(30-41)66(57,58)62-38-19-10-15-34(29-38)48-44(50)46-32-13-8-17-36(27-32)60-64(53,54)40-22-5-2-6-23-40/h1-30H,(H2,45,47,49)(H2,46,48,50). The van der Waals surface area contributed by atoms with E-state index in [1.165, 1.54) is 121 Å². The van der Waals surface area contributed by atoms with Crippen molar-refractivity contribution in [2.75, 3.05) is 21.3 Å². The summed E-state index contributed by atoms with van der Waals surface area (Å²) in [6, 6.07) is 39.4. The number of carbonyl (C=O) groups excluding carboxylic acids is 2. The van der Waals surface area contributed by atoms with E-state index in [4.69, 9.17) is 16.7 Å². The van der Waals surface area contributed by atoms with Crippen LogP contribution in [0.4, 0.5) is 32.3 Å². The molecule has 0 saturated carbocycles. The molecule has 7 aromatic carbocycles. The van der Waals surface area contributed by atoms with Crippen LogP contribution in [0.3, 0.4) is 0 Å². The van der Waals surface area contributed by atoms with Crippen molar-refractivity contribution in [3.05, 3.63) is 182 Å². The molecule has 7 aromatic rings. The minimum absolute atomic E-state index is 0.0635. The fourth-order valence-electron chi connectivity index (χ4n) is 5.75. The van der Waals surface area contributed by atoms with Crippen molar-refractivity contribution in [3.63, 3.8) is 0 Å². The summed E-state index contributed by atoms with van der Waals surface area (Å²) in [6.45, 7) is 0. The summed E-state index contributed by atoms with van der Waals surface area (Å²) < 4.78 is 125. The van der Waals surface area contributed by atoms with E-state index in [9.17, 15) is 43.3 Å². The van der Waals surface area contributed by atoms with Crippen LogP contribution in [0.15, 0.2) is 202 Å². The predicted octanol–water partition coefficient (Wildman–Crippen LogP) is 8.05. The highest BCUT2D eigenvalue weighted by molar-refractivity contribution is 7.88. The van der Waals surface area contributed by atoms with Crippen LogP contribution in [0.1, 0.15) is 0 Å². The Kier molecular flexibility index (Phi) is 13.6. The fraction of sp³-hybridized carbons (Fsp3) is 0. The Morgan fingerprint density at radius 3 is 0.818 bits per heavy atom. The third kappa shape index (κ3) is 12.2. The van der Waals surface area contributed by atoms with Gasteiger partial charge in [0.15, 0.2) is 0 Å². The summed E-state index contributed by atoms with van der Waals surface area (Å²) in [7, 11) is -17.6. The van der Waals surface area contributed by atoms with E-state index in [0.717, 1.165) is 24.3 Å². The molecule has 0 radical (unpaired) electrons. The van der Waals surface area contributed by atoms with Crippen LogP contribution < -0.4 is 38.0 Å². The summed E-state index contributed by atoms with van der Waals surface area (Å²) >= 11 is 0. The van der Waals surface area contributed by atoms with E-state index in [1.54, 1.807) is 36.4 Å². The van der Waals surface area contributed by atoms with E-state index >= 15 is 0 Å². The lowest BCUT2D eigenvalue weighted by Crippen LogP contribution is -2.19. The molecule has 0 spiro atoms. The Morgan fingerprint density at radius 2 is 0.530 bits per heavy atom. The SMILES string of the molecule is O=C(Nc1cccc(OS(=O)(=O)c2ccccc2)c1)Nc1cccc(OS(=O)(=O)c2cccc(S(=O)(=O)Oc3cccc(NC(=O)Nc4cccc(OS(=O)(=O)c5ccccc5)c4)c3)c2)c1. The van der Waals surface area contributed by atoms with Crippen LogP contribution in [0, 0.1) is 0 Å². The second-order valence-corrected chi connectivity index (χ2v) is 19.7. The monoisotopic (exact) mass is 970 g/mol. The number of amides is 4. The van der Waals surface area contributed by atoms with Crippen molar-refractivity contribution >= 4 is 75.3 Å². The van der Waals surface area contributed by atoms with Crippen LogP contribution in [0.5, 0.6) is 23.0 Å². The van der Waals surface area contributed by atoms with Crippen LogP contribution >= 0.6 is 0 Å². The van der Waals surface area contributed by atoms with Gasteiger partial charge in [-0.25, -0.2) is 9.59 Å². The highest BCUT2D eigenvalue weighted by Crippen LogP contribution is 2.28. The number of carbonyl (C=O) groups is 2. The number of benzene rings is 7. The molecule has 4 amide bonds. The van der Waals surface area contributed by atoms with E-state index in [1.807, 2.05) is 0 Å². The third-order valence-corrected chi connectivity index (χ3v) is 13.6. The lowest BCUT2D eigenvalue weighted by Gasteiger charge is -2.12. The van der Waals surface area contributed by atoms with Gasteiger partial charge < -0.3 is 38.0 Å². The van der Waals surface area contributed by atoms with E-state index < -0.39 is 62.3 Å². The summed E-state index contributed by atoms with van der Waals surface area (Å²) in [5.74, 6) is -0.631. The molecule has 22 heteroatoms. The lowest BCUT2D eigenvalue weighted by atomic mass is 10.3. The van der Waals surface area contributed by atoms with Gasteiger partial charge in [-0.2, -0.15) is 33.7 Å². The molecule has 7 rings (SSSR count). The molecule has 0 atom stereocenters. The molecular weight excluding hydrogens is 937 g/mol. The number of nitrogens with one attached hydrogen (secondary N) is 4. The number of rotatable bonds is 16. The van der Waals surface area contributed by atoms with E-state index in [0.29, 0.717) is 0 Å². The summed E-state index contributed by atoms with van der Waals surface area (Å²) in [4.78, 5) is 24.4. The Balaban J connectivity index is 0.949. The Morgan fingerprint density at radius 1 is 0.288 bits per heavy atom. The average Bonchev–Trinajstić information content (AvgIpc) is 3.27. The first-order valence-electron chi connectivity index (χ1n) is 19.0. The molecule has 0 heterocycles. The molecule has 0 aliphatic heterocycles. The lowest BCUT2D eigenvalue weighted by molar-refractivity contribution is 0.261. The minimum Gasteiger partial charge on any atom is -0.379 e. The van der Waals surface area contributed by atoms with Crippen molar-refractivity contribution in [2.24, 2.45) is 0 Å². The quantitative estimate of drug-likeness (QED) is 0.0669.